The molecular formula is C8H19NO2S2. The van der Waals surface area contributed by atoms with Gasteiger partial charge in [0.2, 0.25) is 0 Å². The monoisotopic (exact) mass is 225 g/mol. The molecule has 1 unspecified atom stereocenters. The van der Waals surface area contributed by atoms with E-state index in [2.05, 4.69) is 5.32 Å². The first-order chi connectivity index (χ1) is 5.99. The summed E-state index contributed by atoms with van der Waals surface area (Å²) in [6, 6.07) is 0.328. The summed E-state index contributed by atoms with van der Waals surface area (Å²) >= 11 is 1.74. The number of thioether (sulfide) groups is 1. The van der Waals surface area contributed by atoms with Gasteiger partial charge in [-0.1, -0.05) is 6.92 Å². The van der Waals surface area contributed by atoms with Crippen molar-refractivity contribution >= 4 is 21.6 Å². The molecule has 1 atom stereocenters. The number of rotatable bonds is 7. The van der Waals surface area contributed by atoms with Crippen molar-refractivity contribution in [1.29, 1.82) is 0 Å². The maximum Gasteiger partial charge on any atom is 0.147 e. The number of hydrogen-bond acceptors (Lipinski definition) is 4. The minimum atomic E-state index is -2.81. The van der Waals surface area contributed by atoms with E-state index in [0.717, 1.165) is 12.3 Å². The minimum absolute atomic E-state index is 0.283. The highest BCUT2D eigenvalue weighted by Gasteiger charge is 2.10. The van der Waals surface area contributed by atoms with Crippen LogP contribution in [0.5, 0.6) is 0 Å². The summed E-state index contributed by atoms with van der Waals surface area (Å²) in [6.07, 6.45) is 4.04. The van der Waals surface area contributed by atoms with Crippen LogP contribution in [0.15, 0.2) is 0 Å². The molecule has 0 spiro atoms. The average Bonchev–Trinajstić information content (AvgIpc) is 2.00. The van der Waals surface area contributed by atoms with Gasteiger partial charge in [0, 0.05) is 18.1 Å². The van der Waals surface area contributed by atoms with Crippen molar-refractivity contribution in [3.63, 3.8) is 0 Å². The van der Waals surface area contributed by atoms with Crippen LogP contribution in [0.4, 0.5) is 0 Å². The standard InChI is InChI=1S/C8H19NO2S2/c1-4-9-8(7-12-2)5-6-13(3,10)11/h8-9H,4-7H2,1-3H3. The molecular weight excluding hydrogens is 206 g/mol. The summed E-state index contributed by atoms with van der Waals surface area (Å²) in [5.74, 6) is 1.26. The Labute approximate surface area is 85.6 Å². The van der Waals surface area contributed by atoms with Crippen molar-refractivity contribution in [2.75, 3.05) is 30.6 Å². The summed E-state index contributed by atoms with van der Waals surface area (Å²) in [6.45, 7) is 2.93. The van der Waals surface area contributed by atoms with E-state index in [1.54, 1.807) is 11.8 Å². The number of sulfone groups is 1. The average molecular weight is 225 g/mol. The maximum absolute atomic E-state index is 10.9. The summed E-state index contributed by atoms with van der Waals surface area (Å²) < 4.78 is 21.8. The van der Waals surface area contributed by atoms with Gasteiger partial charge in [0.25, 0.3) is 0 Å². The third kappa shape index (κ3) is 8.59. The Morgan fingerprint density at radius 1 is 1.46 bits per heavy atom. The van der Waals surface area contributed by atoms with Gasteiger partial charge < -0.3 is 5.32 Å². The zero-order valence-corrected chi connectivity index (χ0v) is 10.2. The maximum atomic E-state index is 10.9. The lowest BCUT2D eigenvalue weighted by molar-refractivity contribution is 0.549. The molecule has 1 N–H and O–H groups in total. The molecule has 80 valence electrons. The van der Waals surface area contributed by atoms with Gasteiger partial charge in [-0.2, -0.15) is 11.8 Å². The summed E-state index contributed by atoms with van der Waals surface area (Å²) in [5, 5.41) is 3.27. The Morgan fingerprint density at radius 3 is 2.46 bits per heavy atom. The molecule has 0 bridgehead atoms. The first-order valence-electron chi connectivity index (χ1n) is 4.39. The van der Waals surface area contributed by atoms with Crippen LogP contribution in [0.25, 0.3) is 0 Å². The molecule has 3 nitrogen and oxygen atoms in total. The van der Waals surface area contributed by atoms with Gasteiger partial charge in [0.15, 0.2) is 0 Å². The van der Waals surface area contributed by atoms with E-state index >= 15 is 0 Å². The predicted molar refractivity (Wildman–Crippen MR) is 60.2 cm³/mol. The molecule has 13 heavy (non-hydrogen) atoms. The normalized spacial score (nSPS) is 14.4. The molecule has 0 amide bonds. The number of hydrogen-bond donors (Lipinski definition) is 1. The molecule has 0 aliphatic heterocycles. The number of nitrogens with one attached hydrogen (secondary N) is 1. The lowest BCUT2D eigenvalue weighted by Gasteiger charge is -2.15. The van der Waals surface area contributed by atoms with Crippen molar-refractivity contribution < 1.29 is 8.42 Å². The molecule has 0 rings (SSSR count). The van der Waals surface area contributed by atoms with Crippen LogP contribution >= 0.6 is 11.8 Å². The van der Waals surface area contributed by atoms with E-state index in [4.69, 9.17) is 0 Å². The highest BCUT2D eigenvalue weighted by atomic mass is 32.2. The van der Waals surface area contributed by atoms with Gasteiger partial charge in [0.05, 0.1) is 5.75 Å². The van der Waals surface area contributed by atoms with Crippen LogP contribution in [0.1, 0.15) is 13.3 Å². The van der Waals surface area contributed by atoms with Crippen molar-refractivity contribution in [2.24, 2.45) is 0 Å². The van der Waals surface area contributed by atoms with Crippen LogP contribution in [-0.2, 0) is 9.84 Å². The fraction of sp³-hybridized carbons (Fsp3) is 1.00. The fourth-order valence-corrected chi connectivity index (χ4v) is 2.49. The molecule has 0 aromatic heterocycles. The van der Waals surface area contributed by atoms with Crippen LogP contribution < -0.4 is 5.32 Å². The fourth-order valence-electron chi connectivity index (χ4n) is 1.09. The third-order valence-corrected chi connectivity index (χ3v) is 3.41. The van der Waals surface area contributed by atoms with Crippen molar-refractivity contribution in [2.45, 2.75) is 19.4 Å². The lowest BCUT2D eigenvalue weighted by Crippen LogP contribution is -2.32. The topological polar surface area (TPSA) is 46.2 Å². The Hall–Kier alpha value is 0.260. The third-order valence-electron chi connectivity index (χ3n) is 1.70. The second-order valence-electron chi connectivity index (χ2n) is 3.13. The minimum Gasteiger partial charge on any atom is -0.313 e. The lowest BCUT2D eigenvalue weighted by atomic mass is 10.2. The van der Waals surface area contributed by atoms with E-state index in [-0.39, 0.29) is 5.75 Å². The molecule has 0 fully saturated rings. The van der Waals surface area contributed by atoms with Crippen LogP contribution in [0.2, 0.25) is 0 Å². The molecule has 0 radical (unpaired) electrons. The quantitative estimate of drug-likeness (QED) is 0.695. The zero-order valence-electron chi connectivity index (χ0n) is 8.54. The summed E-state index contributed by atoms with van der Waals surface area (Å²) in [5.41, 5.74) is 0. The van der Waals surface area contributed by atoms with Crippen LogP contribution in [0.3, 0.4) is 0 Å². The van der Waals surface area contributed by atoms with E-state index < -0.39 is 9.84 Å². The zero-order chi connectivity index (χ0) is 10.3. The van der Waals surface area contributed by atoms with Gasteiger partial charge in [-0.3, -0.25) is 0 Å². The molecule has 0 saturated carbocycles. The second kappa shape index (κ2) is 6.68. The van der Waals surface area contributed by atoms with E-state index in [0.29, 0.717) is 12.5 Å². The predicted octanol–water partition coefficient (Wildman–Crippen LogP) is 0.762. The smallest absolute Gasteiger partial charge is 0.147 e. The molecule has 5 heteroatoms. The highest BCUT2D eigenvalue weighted by molar-refractivity contribution is 7.98. The Balaban J connectivity index is 3.81. The molecule has 0 aromatic rings. The van der Waals surface area contributed by atoms with E-state index in [9.17, 15) is 8.42 Å². The van der Waals surface area contributed by atoms with Gasteiger partial charge in [-0.15, -0.1) is 0 Å². The van der Waals surface area contributed by atoms with Crippen LogP contribution in [-0.4, -0.2) is 45.0 Å². The Morgan fingerprint density at radius 2 is 2.08 bits per heavy atom. The Bertz CT molecular complexity index is 208. The van der Waals surface area contributed by atoms with Crippen LogP contribution in [0, 0.1) is 0 Å². The molecule has 0 saturated heterocycles. The van der Waals surface area contributed by atoms with Crippen molar-refractivity contribution in [3.05, 3.63) is 0 Å². The van der Waals surface area contributed by atoms with Gasteiger partial charge in [0.1, 0.15) is 9.84 Å². The van der Waals surface area contributed by atoms with Crippen molar-refractivity contribution in [3.8, 4) is 0 Å². The van der Waals surface area contributed by atoms with Gasteiger partial charge in [-0.05, 0) is 19.2 Å². The summed E-state index contributed by atoms with van der Waals surface area (Å²) in [7, 11) is -2.81. The van der Waals surface area contributed by atoms with Gasteiger partial charge >= 0.3 is 0 Å². The second-order valence-corrected chi connectivity index (χ2v) is 6.30. The molecule has 0 aliphatic carbocycles. The highest BCUT2D eigenvalue weighted by Crippen LogP contribution is 2.03. The van der Waals surface area contributed by atoms with Crippen molar-refractivity contribution in [1.82, 2.24) is 5.32 Å². The van der Waals surface area contributed by atoms with Gasteiger partial charge in [-0.25, -0.2) is 8.42 Å². The molecule has 0 heterocycles. The van der Waals surface area contributed by atoms with E-state index in [1.807, 2.05) is 13.2 Å². The first-order valence-corrected chi connectivity index (χ1v) is 7.85. The largest absolute Gasteiger partial charge is 0.313 e. The van der Waals surface area contributed by atoms with E-state index in [1.165, 1.54) is 6.26 Å². The first kappa shape index (κ1) is 13.3. The molecule has 0 aliphatic rings. The summed E-state index contributed by atoms with van der Waals surface area (Å²) in [4.78, 5) is 0. The molecule has 0 aromatic carbocycles. The Kier molecular flexibility index (Phi) is 6.81. The SMILES string of the molecule is CCNC(CCS(C)(=O)=O)CSC.